The highest BCUT2D eigenvalue weighted by atomic mass is 15.1. The van der Waals surface area contributed by atoms with Crippen molar-refractivity contribution in [3.8, 4) is 6.07 Å². The van der Waals surface area contributed by atoms with Gasteiger partial charge >= 0.3 is 0 Å². The van der Waals surface area contributed by atoms with E-state index in [-0.39, 0.29) is 0 Å². The zero-order valence-corrected chi connectivity index (χ0v) is 13.8. The standard InChI is InChI=1S/C21H15N5/c22-14-15-10-12-17(13-11-15)24-21-25-19-9-5-4-8-18(19)20(26-21)23-16-6-2-1-3-7-16/h1-13H,(H2,23,24,25,26). The largest absolute Gasteiger partial charge is 0.340 e. The van der Waals surface area contributed by atoms with Gasteiger partial charge in [-0.25, -0.2) is 4.98 Å². The Morgan fingerprint density at radius 3 is 2.15 bits per heavy atom. The van der Waals surface area contributed by atoms with Gasteiger partial charge in [-0.2, -0.15) is 10.2 Å². The summed E-state index contributed by atoms with van der Waals surface area (Å²) in [6.45, 7) is 0. The molecule has 0 saturated heterocycles. The number of nitrogens with zero attached hydrogens (tertiary/aromatic N) is 3. The number of benzene rings is 3. The van der Waals surface area contributed by atoms with Gasteiger partial charge in [0.25, 0.3) is 0 Å². The Labute approximate surface area is 151 Å². The maximum Gasteiger partial charge on any atom is 0.229 e. The van der Waals surface area contributed by atoms with Crippen LogP contribution in [0.15, 0.2) is 78.9 Å². The van der Waals surface area contributed by atoms with Crippen molar-refractivity contribution in [2.45, 2.75) is 0 Å². The molecule has 0 radical (unpaired) electrons. The molecule has 5 heteroatoms. The van der Waals surface area contributed by atoms with Gasteiger partial charge in [-0.15, -0.1) is 0 Å². The maximum atomic E-state index is 8.91. The maximum absolute atomic E-state index is 8.91. The molecule has 0 unspecified atom stereocenters. The van der Waals surface area contributed by atoms with Crippen LogP contribution in [0.2, 0.25) is 0 Å². The van der Waals surface area contributed by atoms with Crippen LogP contribution in [0, 0.1) is 11.3 Å². The molecule has 0 aliphatic carbocycles. The molecule has 0 fully saturated rings. The van der Waals surface area contributed by atoms with Crippen molar-refractivity contribution in [1.82, 2.24) is 9.97 Å². The smallest absolute Gasteiger partial charge is 0.229 e. The van der Waals surface area contributed by atoms with E-state index in [4.69, 9.17) is 5.26 Å². The molecule has 0 bridgehead atoms. The minimum absolute atomic E-state index is 0.492. The summed E-state index contributed by atoms with van der Waals surface area (Å²) in [5, 5.41) is 16.4. The quantitative estimate of drug-likeness (QED) is 0.549. The molecule has 124 valence electrons. The second-order valence-corrected chi connectivity index (χ2v) is 5.72. The Morgan fingerprint density at radius 1 is 0.692 bits per heavy atom. The Kier molecular flexibility index (Phi) is 4.15. The van der Waals surface area contributed by atoms with Crippen LogP contribution in [0.1, 0.15) is 5.56 Å². The number of nitriles is 1. The number of hydrogen-bond donors (Lipinski definition) is 2. The van der Waals surface area contributed by atoms with Crippen molar-refractivity contribution in [2.24, 2.45) is 0 Å². The molecule has 0 spiro atoms. The van der Waals surface area contributed by atoms with E-state index in [1.54, 1.807) is 12.1 Å². The lowest BCUT2D eigenvalue weighted by molar-refractivity contribution is 1.21. The van der Waals surface area contributed by atoms with Crippen LogP contribution < -0.4 is 10.6 Å². The van der Waals surface area contributed by atoms with Crippen molar-refractivity contribution < 1.29 is 0 Å². The summed E-state index contributed by atoms with van der Waals surface area (Å²) in [7, 11) is 0. The first-order chi connectivity index (χ1) is 12.8. The molecule has 0 aliphatic heterocycles. The number of hydrogen-bond acceptors (Lipinski definition) is 5. The van der Waals surface area contributed by atoms with E-state index in [1.807, 2.05) is 66.7 Å². The minimum Gasteiger partial charge on any atom is -0.340 e. The number of aromatic nitrogens is 2. The molecule has 3 aromatic carbocycles. The number of nitrogens with one attached hydrogen (secondary N) is 2. The number of para-hydroxylation sites is 2. The summed E-state index contributed by atoms with van der Waals surface area (Å²) >= 11 is 0. The lowest BCUT2D eigenvalue weighted by atomic mass is 10.2. The molecule has 5 nitrogen and oxygen atoms in total. The number of anilines is 4. The summed E-state index contributed by atoms with van der Waals surface area (Å²) in [5.74, 6) is 1.23. The van der Waals surface area contributed by atoms with E-state index in [9.17, 15) is 0 Å². The average Bonchev–Trinajstić information content (AvgIpc) is 2.69. The summed E-state index contributed by atoms with van der Waals surface area (Å²) < 4.78 is 0. The minimum atomic E-state index is 0.492. The Morgan fingerprint density at radius 2 is 1.38 bits per heavy atom. The van der Waals surface area contributed by atoms with Crippen LogP contribution in [0.3, 0.4) is 0 Å². The van der Waals surface area contributed by atoms with Crippen LogP contribution in [-0.2, 0) is 0 Å². The average molecular weight is 337 g/mol. The molecule has 1 heterocycles. The van der Waals surface area contributed by atoms with E-state index in [0.717, 1.165) is 28.1 Å². The predicted molar refractivity (Wildman–Crippen MR) is 104 cm³/mol. The zero-order chi connectivity index (χ0) is 17.8. The van der Waals surface area contributed by atoms with Gasteiger partial charge in [0.05, 0.1) is 17.1 Å². The fourth-order valence-corrected chi connectivity index (χ4v) is 2.64. The fraction of sp³-hybridized carbons (Fsp3) is 0. The highest BCUT2D eigenvalue weighted by molar-refractivity contribution is 5.91. The number of rotatable bonds is 4. The van der Waals surface area contributed by atoms with Gasteiger partial charge in [-0.3, -0.25) is 0 Å². The zero-order valence-electron chi connectivity index (χ0n) is 13.8. The summed E-state index contributed by atoms with van der Waals surface area (Å²) in [6.07, 6.45) is 0. The fourth-order valence-electron chi connectivity index (χ4n) is 2.64. The van der Waals surface area contributed by atoms with Crippen LogP contribution in [-0.4, -0.2) is 9.97 Å². The monoisotopic (exact) mass is 337 g/mol. The molecule has 1 aromatic heterocycles. The third-order valence-electron chi connectivity index (χ3n) is 3.91. The summed E-state index contributed by atoms with van der Waals surface area (Å²) in [6, 6.07) is 27.1. The normalized spacial score (nSPS) is 10.3. The van der Waals surface area contributed by atoms with Gasteiger partial charge in [0.1, 0.15) is 5.82 Å². The van der Waals surface area contributed by atoms with E-state index in [1.165, 1.54) is 0 Å². The lowest BCUT2D eigenvalue weighted by Gasteiger charge is -2.12. The molecule has 0 saturated carbocycles. The lowest BCUT2D eigenvalue weighted by Crippen LogP contribution is -2.02. The van der Waals surface area contributed by atoms with E-state index < -0.39 is 0 Å². The molecule has 0 atom stereocenters. The molecule has 0 amide bonds. The molecule has 2 N–H and O–H groups in total. The van der Waals surface area contributed by atoms with Crippen molar-refractivity contribution in [3.63, 3.8) is 0 Å². The highest BCUT2D eigenvalue weighted by Gasteiger charge is 2.08. The molecule has 4 aromatic rings. The van der Waals surface area contributed by atoms with Crippen molar-refractivity contribution in [1.29, 1.82) is 5.26 Å². The summed E-state index contributed by atoms with van der Waals surface area (Å²) in [4.78, 5) is 9.22. The molecular formula is C21H15N5. The first-order valence-corrected chi connectivity index (χ1v) is 8.18. The Balaban J connectivity index is 1.72. The Bertz CT molecular complexity index is 1080. The Hall–Kier alpha value is -3.91. The van der Waals surface area contributed by atoms with Gasteiger partial charge in [0.2, 0.25) is 5.95 Å². The van der Waals surface area contributed by atoms with Gasteiger partial charge in [0, 0.05) is 16.8 Å². The van der Waals surface area contributed by atoms with Gasteiger partial charge < -0.3 is 10.6 Å². The predicted octanol–water partition coefficient (Wildman–Crippen LogP) is 4.99. The highest BCUT2D eigenvalue weighted by Crippen LogP contribution is 2.26. The van der Waals surface area contributed by atoms with Gasteiger partial charge in [-0.05, 0) is 48.5 Å². The SMILES string of the molecule is N#Cc1ccc(Nc2nc(Nc3ccccc3)c3ccccc3n2)cc1. The van der Waals surface area contributed by atoms with Gasteiger partial charge in [0.15, 0.2) is 0 Å². The number of fused-ring (bicyclic) bond motifs is 1. The topological polar surface area (TPSA) is 73.6 Å². The first kappa shape index (κ1) is 15.6. The van der Waals surface area contributed by atoms with E-state index in [0.29, 0.717) is 11.5 Å². The first-order valence-electron chi connectivity index (χ1n) is 8.18. The van der Waals surface area contributed by atoms with E-state index in [2.05, 4.69) is 26.7 Å². The second kappa shape index (κ2) is 6.91. The van der Waals surface area contributed by atoms with Crippen molar-refractivity contribution in [2.75, 3.05) is 10.6 Å². The summed E-state index contributed by atoms with van der Waals surface area (Å²) in [5.41, 5.74) is 3.24. The molecular weight excluding hydrogens is 322 g/mol. The molecule has 4 rings (SSSR count). The van der Waals surface area contributed by atoms with Crippen LogP contribution in [0.25, 0.3) is 10.9 Å². The third kappa shape index (κ3) is 3.30. The van der Waals surface area contributed by atoms with Crippen molar-refractivity contribution >= 4 is 34.0 Å². The van der Waals surface area contributed by atoms with E-state index >= 15 is 0 Å². The van der Waals surface area contributed by atoms with Crippen LogP contribution in [0.5, 0.6) is 0 Å². The van der Waals surface area contributed by atoms with Crippen molar-refractivity contribution in [3.05, 3.63) is 84.4 Å². The molecule has 26 heavy (non-hydrogen) atoms. The second-order valence-electron chi connectivity index (χ2n) is 5.72. The van der Waals surface area contributed by atoms with Crippen LogP contribution >= 0.6 is 0 Å². The molecule has 0 aliphatic rings. The third-order valence-corrected chi connectivity index (χ3v) is 3.91. The van der Waals surface area contributed by atoms with Gasteiger partial charge in [-0.1, -0.05) is 30.3 Å². The van der Waals surface area contributed by atoms with Crippen LogP contribution in [0.4, 0.5) is 23.1 Å².